The highest BCUT2D eigenvalue weighted by atomic mass is 32.1. The van der Waals surface area contributed by atoms with Crippen LogP contribution < -0.4 is 4.87 Å². The minimum Gasteiger partial charge on any atom is -0.342 e. The van der Waals surface area contributed by atoms with Crippen LogP contribution in [0.3, 0.4) is 0 Å². The van der Waals surface area contributed by atoms with Gasteiger partial charge in [-0.2, -0.15) is 0 Å². The highest BCUT2D eigenvalue weighted by Crippen LogP contribution is 2.02. The summed E-state index contributed by atoms with van der Waals surface area (Å²) in [7, 11) is 1.62. The molecule has 7 heteroatoms. The number of nitrogens with zero attached hydrogens (tertiary/aromatic N) is 3. The van der Waals surface area contributed by atoms with E-state index >= 15 is 0 Å². The number of aryl methyl sites for hydroxylation is 1. The minimum atomic E-state index is -0.131. The second kappa shape index (κ2) is 7.97. The Hall–Kier alpha value is -1.63. The molecule has 0 aromatic carbocycles. The van der Waals surface area contributed by atoms with Crippen LogP contribution >= 0.6 is 11.3 Å². The van der Waals surface area contributed by atoms with E-state index in [1.165, 1.54) is 4.90 Å². The molecule has 1 aromatic rings. The Morgan fingerprint density at radius 3 is 2.33 bits per heavy atom. The maximum absolute atomic E-state index is 12.0. The number of amides is 2. The number of carbonyl (C=O) groups excluding carboxylic acids is 2. The zero-order valence-electron chi connectivity index (χ0n) is 13.1. The van der Waals surface area contributed by atoms with Crippen LogP contribution in [0, 0.1) is 6.92 Å². The van der Waals surface area contributed by atoms with Crippen molar-refractivity contribution in [2.24, 2.45) is 0 Å². The first kappa shape index (κ1) is 17.4. The highest BCUT2D eigenvalue weighted by Gasteiger charge is 2.16. The number of rotatable bonds is 7. The molecule has 118 valence electrons. The summed E-state index contributed by atoms with van der Waals surface area (Å²) in [5.41, 5.74) is 0.861. The monoisotopic (exact) mass is 313 g/mol. The zero-order valence-corrected chi connectivity index (χ0v) is 13.9. The van der Waals surface area contributed by atoms with Gasteiger partial charge < -0.3 is 14.4 Å². The minimum absolute atomic E-state index is 0.0535. The lowest BCUT2D eigenvalue weighted by Gasteiger charge is -2.23. The molecule has 0 bridgehead atoms. The number of hydrogen-bond acceptors (Lipinski definition) is 4. The smallest absolute Gasteiger partial charge is 0.307 e. The van der Waals surface area contributed by atoms with E-state index in [2.05, 4.69) is 0 Å². The molecule has 1 heterocycles. The van der Waals surface area contributed by atoms with Crippen molar-refractivity contribution >= 4 is 23.2 Å². The third kappa shape index (κ3) is 4.70. The average Bonchev–Trinajstić information content (AvgIpc) is 2.76. The number of aromatic nitrogens is 1. The molecule has 0 unspecified atom stereocenters. The van der Waals surface area contributed by atoms with Crippen molar-refractivity contribution in [1.82, 2.24) is 14.4 Å². The fourth-order valence-electron chi connectivity index (χ4n) is 2.04. The van der Waals surface area contributed by atoms with E-state index in [0.717, 1.165) is 17.0 Å². The van der Waals surface area contributed by atoms with Gasteiger partial charge in [0.1, 0.15) is 0 Å². The van der Waals surface area contributed by atoms with Gasteiger partial charge in [0, 0.05) is 44.2 Å². The fraction of sp³-hybridized carbons (Fsp3) is 0.643. The molecule has 0 radical (unpaired) electrons. The van der Waals surface area contributed by atoms with Crippen molar-refractivity contribution in [3.63, 3.8) is 0 Å². The average molecular weight is 313 g/mol. The molecule has 0 aliphatic carbocycles. The largest absolute Gasteiger partial charge is 0.342 e. The van der Waals surface area contributed by atoms with Crippen LogP contribution in [0.25, 0.3) is 0 Å². The van der Waals surface area contributed by atoms with E-state index in [1.807, 2.05) is 20.8 Å². The molecule has 0 aliphatic heterocycles. The standard InChI is InChI=1S/C14H23N3O3S/c1-5-16(6-2)13(19)9-15(4)12(18)7-8-17-11(3)10-21-14(17)20/h10H,5-9H2,1-4H3. The van der Waals surface area contributed by atoms with Gasteiger partial charge in [0.2, 0.25) is 11.8 Å². The van der Waals surface area contributed by atoms with E-state index in [-0.39, 0.29) is 29.7 Å². The lowest BCUT2D eigenvalue weighted by Crippen LogP contribution is -2.41. The Labute approximate surface area is 129 Å². The van der Waals surface area contributed by atoms with E-state index in [0.29, 0.717) is 19.6 Å². The molecule has 6 nitrogen and oxygen atoms in total. The van der Waals surface area contributed by atoms with Gasteiger partial charge >= 0.3 is 4.87 Å². The molecule has 0 atom stereocenters. The Balaban J connectivity index is 2.52. The Kier molecular flexibility index (Phi) is 6.61. The van der Waals surface area contributed by atoms with Gasteiger partial charge in [-0.1, -0.05) is 11.3 Å². The van der Waals surface area contributed by atoms with Crippen molar-refractivity contribution in [1.29, 1.82) is 0 Å². The van der Waals surface area contributed by atoms with Gasteiger partial charge in [0.25, 0.3) is 0 Å². The summed E-state index contributed by atoms with van der Waals surface area (Å²) in [4.78, 5) is 38.6. The Bertz CT molecular complexity index is 546. The van der Waals surface area contributed by atoms with E-state index in [9.17, 15) is 14.4 Å². The third-order valence-electron chi connectivity index (χ3n) is 3.44. The van der Waals surface area contributed by atoms with Crippen LogP contribution in [0.5, 0.6) is 0 Å². The molecule has 0 aliphatic rings. The predicted octanol–water partition coefficient (Wildman–Crippen LogP) is 0.935. The van der Waals surface area contributed by atoms with Crippen molar-refractivity contribution in [2.75, 3.05) is 26.7 Å². The van der Waals surface area contributed by atoms with Crippen molar-refractivity contribution in [2.45, 2.75) is 33.7 Å². The van der Waals surface area contributed by atoms with Gasteiger partial charge in [-0.3, -0.25) is 14.4 Å². The molecule has 0 N–H and O–H groups in total. The summed E-state index contributed by atoms with van der Waals surface area (Å²) in [5.74, 6) is -0.187. The maximum atomic E-state index is 12.0. The van der Waals surface area contributed by atoms with Crippen LogP contribution in [0.4, 0.5) is 0 Å². The molecule has 2 amide bonds. The van der Waals surface area contributed by atoms with Crippen LogP contribution in [0.1, 0.15) is 26.0 Å². The van der Waals surface area contributed by atoms with E-state index in [4.69, 9.17) is 0 Å². The molecule has 1 rings (SSSR count). The summed E-state index contributed by atoms with van der Waals surface area (Å²) in [5, 5.41) is 1.78. The van der Waals surface area contributed by atoms with Crippen LogP contribution in [0.15, 0.2) is 10.2 Å². The van der Waals surface area contributed by atoms with Crippen molar-refractivity contribution in [3.05, 3.63) is 20.7 Å². The second-order valence-electron chi connectivity index (χ2n) is 4.86. The first-order valence-corrected chi connectivity index (χ1v) is 7.95. The molecule has 0 saturated heterocycles. The van der Waals surface area contributed by atoms with Gasteiger partial charge in [-0.15, -0.1) is 0 Å². The first-order chi connectivity index (χ1) is 9.90. The Morgan fingerprint density at radius 2 is 1.86 bits per heavy atom. The molecule has 0 fully saturated rings. The van der Waals surface area contributed by atoms with E-state index < -0.39 is 0 Å². The van der Waals surface area contributed by atoms with Gasteiger partial charge in [0.15, 0.2) is 0 Å². The first-order valence-electron chi connectivity index (χ1n) is 7.07. The molecular weight excluding hydrogens is 290 g/mol. The topological polar surface area (TPSA) is 62.6 Å². The van der Waals surface area contributed by atoms with Crippen LogP contribution in [-0.2, 0) is 16.1 Å². The Morgan fingerprint density at radius 1 is 1.24 bits per heavy atom. The summed E-state index contributed by atoms with van der Waals surface area (Å²) in [6.45, 7) is 7.39. The summed E-state index contributed by atoms with van der Waals surface area (Å²) in [6, 6.07) is 0. The van der Waals surface area contributed by atoms with Crippen molar-refractivity contribution < 1.29 is 9.59 Å². The molecular formula is C14H23N3O3S. The van der Waals surface area contributed by atoms with Gasteiger partial charge in [-0.25, -0.2) is 0 Å². The molecule has 1 aromatic heterocycles. The maximum Gasteiger partial charge on any atom is 0.307 e. The predicted molar refractivity (Wildman–Crippen MR) is 83.5 cm³/mol. The van der Waals surface area contributed by atoms with Crippen LogP contribution in [-0.4, -0.2) is 52.9 Å². The molecule has 0 spiro atoms. The quantitative estimate of drug-likeness (QED) is 0.752. The third-order valence-corrected chi connectivity index (χ3v) is 4.32. The fourth-order valence-corrected chi connectivity index (χ4v) is 2.80. The summed E-state index contributed by atoms with van der Waals surface area (Å²) < 4.78 is 1.59. The lowest BCUT2D eigenvalue weighted by molar-refractivity contribution is -0.139. The number of hydrogen-bond donors (Lipinski definition) is 0. The SMILES string of the molecule is CCN(CC)C(=O)CN(C)C(=O)CCn1c(C)csc1=O. The van der Waals surface area contributed by atoms with Crippen LogP contribution in [0.2, 0.25) is 0 Å². The van der Waals surface area contributed by atoms with Crippen molar-refractivity contribution in [3.8, 4) is 0 Å². The number of thiazole rings is 1. The summed E-state index contributed by atoms with van der Waals surface area (Å²) >= 11 is 1.13. The number of likely N-dealkylation sites (N-methyl/N-ethyl adjacent to an activating group) is 2. The number of carbonyl (C=O) groups is 2. The zero-order chi connectivity index (χ0) is 16.0. The normalized spacial score (nSPS) is 10.5. The van der Waals surface area contributed by atoms with Gasteiger partial charge in [0.05, 0.1) is 6.54 Å². The highest BCUT2D eigenvalue weighted by molar-refractivity contribution is 7.07. The lowest BCUT2D eigenvalue weighted by atomic mass is 10.3. The summed E-state index contributed by atoms with van der Waals surface area (Å²) in [6.07, 6.45) is 0.222. The van der Waals surface area contributed by atoms with E-state index in [1.54, 1.807) is 21.9 Å². The van der Waals surface area contributed by atoms with Gasteiger partial charge in [-0.05, 0) is 20.8 Å². The molecule has 21 heavy (non-hydrogen) atoms. The second-order valence-corrected chi connectivity index (χ2v) is 5.68. The molecule has 0 saturated carbocycles.